The Morgan fingerprint density at radius 1 is 1.21 bits per heavy atom. The summed E-state index contributed by atoms with van der Waals surface area (Å²) in [7, 11) is 2.39. The Morgan fingerprint density at radius 3 is 2.45 bits per heavy atom. The Kier molecular flexibility index (Phi) is 11.9. The summed E-state index contributed by atoms with van der Waals surface area (Å²) in [6.45, 7) is 10.4. The first kappa shape index (κ1) is 27.8. The van der Waals surface area contributed by atoms with Crippen LogP contribution in [0.5, 0.6) is 0 Å². The van der Waals surface area contributed by atoms with E-state index in [1.807, 2.05) is 39.0 Å². The summed E-state index contributed by atoms with van der Waals surface area (Å²) in [4.78, 5) is 13.7. The van der Waals surface area contributed by atoms with Crippen LogP contribution in [0.25, 0.3) is 0 Å². The minimum Gasteiger partial charge on any atom is -0.400 e. The van der Waals surface area contributed by atoms with Crippen molar-refractivity contribution in [2.45, 2.75) is 66.0 Å². The molecule has 5 nitrogen and oxygen atoms in total. The number of nitrogens with zero attached hydrogens (tertiary/aromatic N) is 2. The van der Waals surface area contributed by atoms with E-state index >= 15 is 0 Å². The molecule has 0 saturated heterocycles. The number of likely N-dealkylation sites (N-methyl/N-ethyl adjacent to an activating group) is 1. The van der Waals surface area contributed by atoms with E-state index in [0.717, 1.165) is 37.2 Å². The fraction of sp³-hybridized carbons (Fsp3) is 0.577. The van der Waals surface area contributed by atoms with Crippen LogP contribution in [-0.4, -0.2) is 57.3 Å². The predicted octanol–water partition coefficient (Wildman–Crippen LogP) is 6.72. The number of rotatable bonds is 9. The molecule has 3 heterocycles. The number of carbonyl (C=O) groups is 1. The van der Waals surface area contributed by atoms with E-state index in [2.05, 4.69) is 36.6 Å². The molecule has 33 heavy (non-hydrogen) atoms. The van der Waals surface area contributed by atoms with Crippen molar-refractivity contribution in [3.63, 3.8) is 0 Å². The monoisotopic (exact) mass is 493 g/mol. The van der Waals surface area contributed by atoms with Gasteiger partial charge in [-0.05, 0) is 41.0 Å². The Balaban J connectivity index is 0.000000370. The molecule has 3 unspecified atom stereocenters. The van der Waals surface area contributed by atoms with E-state index in [0.29, 0.717) is 11.1 Å². The summed E-state index contributed by atoms with van der Waals surface area (Å²) < 4.78 is 11.0. The topological polar surface area (TPSA) is 58.9 Å². The summed E-state index contributed by atoms with van der Waals surface area (Å²) >= 11 is 1.24. The molecule has 3 aliphatic rings. The molecule has 1 aromatic rings. The summed E-state index contributed by atoms with van der Waals surface area (Å²) in [5.74, 6) is 0.732. The van der Waals surface area contributed by atoms with Crippen molar-refractivity contribution in [2.24, 2.45) is 4.40 Å². The number of aliphatic hydroxyl groups is 1. The van der Waals surface area contributed by atoms with E-state index in [1.165, 1.54) is 46.5 Å². The molecule has 0 fully saturated rings. The standard InChI is InChI=1S/C18H21N2O2S2.C6H14O.C2H6/c1-3-23-18(21)22-17(13-8-5-4-6-9-13)20(2)11-7-10-14(12-20)15-16-19-24(15)16;1-2-3-4-5-6-7;1-2/h4-6,8-10,17H,3,7,11-12H2,1-2H3;7H,2-6H2,1H3;1-2H3/q+1;;. The number of fused-ring (bicyclic) bond motifs is 1. The van der Waals surface area contributed by atoms with Gasteiger partial charge in [0.1, 0.15) is 11.6 Å². The molecule has 0 spiro atoms. The number of hydrogen-bond donors (Lipinski definition) is 1. The van der Waals surface area contributed by atoms with Gasteiger partial charge in [-0.1, -0.05) is 71.2 Å². The first-order valence-corrected chi connectivity index (χ1v) is 14.4. The molecular weight excluding hydrogens is 452 g/mol. The third kappa shape index (κ3) is 8.09. The van der Waals surface area contributed by atoms with Crippen molar-refractivity contribution in [1.29, 1.82) is 0 Å². The number of aliphatic hydroxyl groups excluding tert-OH is 1. The van der Waals surface area contributed by atoms with Crippen LogP contribution in [0.15, 0.2) is 46.4 Å². The van der Waals surface area contributed by atoms with Gasteiger partial charge in [-0.25, -0.2) is 9.19 Å². The molecular formula is C26H41N2O3S2+. The van der Waals surface area contributed by atoms with Crippen LogP contribution >= 0.6 is 22.4 Å². The maximum Gasteiger partial charge on any atom is 0.372 e. The highest BCUT2D eigenvalue weighted by atomic mass is 32.2. The molecule has 3 atom stereocenters. The lowest BCUT2D eigenvalue weighted by molar-refractivity contribution is -0.955. The van der Waals surface area contributed by atoms with E-state index in [1.54, 1.807) is 0 Å². The average Bonchev–Trinajstić information content (AvgIpc) is 3.74. The van der Waals surface area contributed by atoms with Crippen LogP contribution < -0.4 is 0 Å². The fourth-order valence-corrected chi connectivity index (χ4v) is 5.53. The second-order valence-electron chi connectivity index (χ2n) is 8.24. The Morgan fingerprint density at radius 2 is 1.91 bits per heavy atom. The summed E-state index contributed by atoms with van der Waals surface area (Å²) in [6.07, 6.45) is 7.78. The van der Waals surface area contributed by atoms with Gasteiger partial charge >= 0.3 is 5.30 Å². The van der Waals surface area contributed by atoms with Crippen LogP contribution in [0, 0.1) is 0 Å². The van der Waals surface area contributed by atoms with Gasteiger partial charge in [-0.15, -0.1) is 0 Å². The number of carbonyl (C=O) groups excluding carboxylic acids is 1. The van der Waals surface area contributed by atoms with Gasteiger partial charge in [0.2, 0.25) is 0 Å². The number of hydrogen-bond acceptors (Lipinski definition) is 5. The lowest BCUT2D eigenvalue weighted by Crippen LogP contribution is -2.52. The zero-order valence-electron chi connectivity index (χ0n) is 20.9. The van der Waals surface area contributed by atoms with Gasteiger partial charge in [0.15, 0.2) is 0 Å². The van der Waals surface area contributed by atoms with Gasteiger partial charge in [0, 0.05) is 24.4 Å². The van der Waals surface area contributed by atoms with Crippen LogP contribution in [0.2, 0.25) is 0 Å². The normalized spacial score (nSPS) is 22.8. The van der Waals surface area contributed by atoms with Crippen molar-refractivity contribution < 1.29 is 19.1 Å². The van der Waals surface area contributed by atoms with Crippen molar-refractivity contribution in [1.82, 2.24) is 0 Å². The highest BCUT2D eigenvalue weighted by molar-refractivity contribution is 8.49. The number of ether oxygens (including phenoxy) is 1. The first-order valence-electron chi connectivity index (χ1n) is 12.3. The van der Waals surface area contributed by atoms with E-state index in [-0.39, 0.29) is 22.2 Å². The zero-order valence-corrected chi connectivity index (χ0v) is 22.5. The minimum atomic E-state index is -0.262. The number of unbranched alkanes of at least 4 members (excludes halogenated alkanes) is 3. The molecule has 0 saturated carbocycles. The van der Waals surface area contributed by atoms with E-state index in [9.17, 15) is 4.79 Å². The van der Waals surface area contributed by atoms with Crippen molar-refractivity contribution in [3.05, 3.63) is 47.5 Å². The second kappa shape index (κ2) is 14.1. The van der Waals surface area contributed by atoms with Gasteiger partial charge < -0.3 is 9.84 Å². The van der Waals surface area contributed by atoms with Gasteiger partial charge in [-0.2, -0.15) is 0 Å². The Labute approximate surface area is 207 Å². The molecule has 0 amide bonds. The molecule has 1 N–H and O–H groups in total. The van der Waals surface area contributed by atoms with Crippen LogP contribution in [-0.2, 0) is 4.74 Å². The van der Waals surface area contributed by atoms with Crippen LogP contribution in [0.4, 0.5) is 4.79 Å². The highest BCUT2D eigenvalue weighted by Crippen LogP contribution is 2.54. The zero-order chi connectivity index (χ0) is 24.3. The second-order valence-corrected chi connectivity index (χ2v) is 11.0. The van der Waals surface area contributed by atoms with Crippen LogP contribution in [0.1, 0.15) is 71.6 Å². The number of benzene rings is 1. The molecule has 3 aliphatic heterocycles. The third-order valence-corrected chi connectivity index (χ3v) is 7.77. The average molecular weight is 494 g/mol. The third-order valence-electron chi connectivity index (χ3n) is 5.66. The lowest BCUT2D eigenvalue weighted by Gasteiger charge is -2.42. The largest absolute Gasteiger partial charge is 0.400 e. The fourth-order valence-electron chi connectivity index (χ4n) is 3.89. The first-order chi connectivity index (χ1) is 16.0. The van der Waals surface area contributed by atoms with E-state index < -0.39 is 0 Å². The highest BCUT2D eigenvalue weighted by Gasteiger charge is 2.49. The maximum atomic E-state index is 12.2. The quantitative estimate of drug-likeness (QED) is 0.180. The summed E-state index contributed by atoms with van der Waals surface area (Å²) in [6, 6.07) is 10.1. The Bertz CT molecular complexity index is 864. The number of quaternary nitrogens is 1. The smallest absolute Gasteiger partial charge is 0.372 e. The number of thioether (sulfide) groups is 1. The molecule has 4 rings (SSSR count). The molecule has 0 radical (unpaired) electrons. The van der Waals surface area contributed by atoms with Crippen molar-refractivity contribution in [2.75, 3.05) is 32.5 Å². The van der Waals surface area contributed by atoms with Crippen LogP contribution in [0.3, 0.4) is 0 Å². The van der Waals surface area contributed by atoms with Gasteiger partial charge in [-0.3, -0.25) is 4.48 Å². The van der Waals surface area contributed by atoms with Crippen molar-refractivity contribution in [3.8, 4) is 0 Å². The lowest BCUT2D eigenvalue weighted by atomic mass is 10.0. The minimum absolute atomic E-state index is 0.184. The molecule has 1 aromatic carbocycles. The molecule has 0 aliphatic carbocycles. The summed E-state index contributed by atoms with van der Waals surface area (Å²) in [5, 5.41) is 9.43. The Hall–Kier alpha value is -1.41. The van der Waals surface area contributed by atoms with Crippen molar-refractivity contribution >= 4 is 37.6 Å². The molecule has 7 heteroatoms. The van der Waals surface area contributed by atoms with Gasteiger partial charge in [0.05, 0.1) is 24.0 Å². The van der Waals surface area contributed by atoms with E-state index in [4.69, 9.17) is 9.84 Å². The maximum absolute atomic E-state index is 12.2. The SMILES string of the molecule is CC.CCCCCCO.CCSC(=O)OC(c1ccccc1)[N+]1(C)CCC=C(C2=S3N=C23)C1. The predicted molar refractivity (Wildman–Crippen MR) is 145 cm³/mol. The summed E-state index contributed by atoms with van der Waals surface area (Å²) in [5.41, 5.74) is 2.48. The molecule has 0 aromatic heterocycles. The molecule has 0 bridgehead atoms. The molecule has 184 valence electrons. The van der Waals surface area contributed by atoms with Gasteiger partial charge in [0.25, 0.3) is 6.23 Å².